The van der Waals surface area contributed by atoms with E-state index in [1.807, 2.05) is 46.0 Å². The van der Waals surface area contributed by atoms with Gasteiger partial charge in [-0.05, 0) is 36.4 Å². The molecule has 0 aliphatic carbocycles. The van der Waals surface area contributed by atoms with Gasteiger partial charge < -0.3 is 10.2 Å². The van der Waals surface area contributed by atoms with Gasteiger partial charge in [-0.1, -0.05) is 12.1 Å². The molecule has 138 valence electrons. The van der Waals surface area contributed by atoms with E-state index < -0.39 is 0 Å². The molecule has 0 aromatic carbocycles. The highest BCUT2D eigenvalue weighted by Crippen LogP contribution is 2.26. The maximum absolute atomic E-state index is 12.6. The highest BCUT2D eigenvalue weighted by molar-refractivity contribution is 7.14. The standard InChI is InChI=1S/C19H18N4O2S2/c24-17(22-19-21-15(12-27-19)14-4-1-2-8-20-14)13-6-9-23(10-7-13)18(25)16-5-3-11-26-16/h1-5,8,11-13H,6-7,9-10H2,(H,21,22,24). The summed E-state index contributed by atoms with van der Waals surface area (Å²) >= 11 is 2.85. The normalized spacial score (nSPS) is 14.9. The van der Waals surface area contributed by atoms with Gasteiger partial charge in [-0.15, -0.1) is 22.7 Å². The van der Waals surface area contributed by atoms with E-state index in [0.29, 0.717) is 31.1 Å². The third-order valence-electron chi connectivity index (χ3n) is 4.55. The van der Waals surface area contributed by atoms with Crippen molar-refractivity contribution in [1.29, 1.82) is 0 Å². The molecule has 1 saturated heterocycles. The van der Waals surface area contributed by atoms with E-state index >= 15 is 0 Å². The molecule has 3 aromatic heterocycles. The summed E-state index contributed by atoms with van der Waals surface area (Å²) in [7, 11) is 0. The number of thiophene rings is 1. The van der Waals surface area contributed by atoms with Gasteiger partial charge in [0.15, 0.2) is 5.13 Å². The van der Waals surface area contributed by atoms with Crippen LogP contribution < -0.4 is 5.32 Å². The molecule has 1 fully saturated rings. The molecule has 0 radical (unpaired) electrons. The first-order chi connectivity index (χ1) is 13.2. The predicted octanol–water partition coefficient (Wildman–Crippen LogP) is 3.76. The molecule has 4 heterocycles. The van der Waals surface area contributed by atoms with Crippen LogP contribution >= 0.6 is 22.7 Å². The number of anilines is 1. The maximum atomic E-state index is 12.6. The van der Waals surface area contributed by atoms with Crippen LogP contribution in [-0.4, -0.2) is 39.8 Å². The van der Waals surface area contributed by atoms with Gasteiger partial charge in [0, 0.05) is 30.6 Å². The number of carbonyl (C=O) groups is 2. The average molecular weight is 399 g/mol. The molecular formula is C19H18N4O2S2. The third kappa shape index (κ3) is 4.06. The second kappa shape index (κ2) is 7.98. The molecule has 1 aliphatic heterocycles. The number of thiazole rings is 1. The number of nitrogens with zero attached hydrogens (tertiary/aromatic N) is 3. The monoisotopic (exact) mass is 398 g/mol. The zero-order valence-electron chi connectivity index (χ0n) is 14.5. The SMILES string of the molecule is O=C(Nc1nc(-c2ccccn2)cs1)C1CCN(C(=O)c2cccs2)CC1. The van der Waals surface area contributed by atoms with Gasteiger partial charge in [0.25, 0.3) is 5.91 Å². The minimum Gasteiger partial charge on any atom is -0.338 e. The Hall–Kier alpha value is -2.58. The lowest BCUT2D eigenvalue weighted by Crippen LogP contribution is -2.41. The summed E-state index contributed by atoms with van der Waals surface area (Å²) in [5.41, 5.74) is 1.54. The van der Waals surface area contributed by atoms with Crippen molar-refractivity contribution in [1.82, 2.24) is 14.9 Å². The number of piperidine rings is 1. The summed E-state index contributed by atoms with van der Waals surface area (Å²) in [4.78, 5) is 36.3. The summed E-state index contributed by atoms with van der Waals surface area (Å²) in [5, 5.41) is 7.29. The van der Waals surface area contributed by atoms with Crippen LogP contribution in [0.3, 0.4) is 0 Å². The number of carbonyl (C=O) groups excluding carboxylic acids is 2. The Morgan fingerprint density at radius 2 is 1.93 bits per heavy atom. The van der Waals surface area contributed by atoms with Gasteiger partial charge in [0.05, 0.1) is 10.6 Å². The van der Waals surface area contributed by atoms with Crippen molar-refractivity contribution in [3.8, 4) is 11.4 Å². The molecule has 3 aromatic rings. The van der Waals surface area contributed by atoms with Gasteiger partial charge in [-0.2, -0.15) is 0 Å². The van der Waals surface area contributed by atoms with Gasteiger partial charge in [0.2, 0.25) is 5.91 Å². The highest BCUT2D eigenvalue weighted by Gasteiger charge is 2.28. The second-order valence-electron chi connectivity index (χ2n) is 6.29. The van der Waals surface area contributed by atoms with Crippen molar-refractivity contribution in [2.75, 3.05) is 18.4 Å². The topological polar surface area (TPSA) is 75.2 Å². The zero-order valence-corrected chi connectivity index (χ0v) is 16.1. The Morgan fingerprint density at radius 3 is 2.63 bits per heavy atom. The van der Waals surface area contributed by atoms with Gasteiger partial charge in [-0.25, -0.2) is 4.98 Å². The summed E-state index contributed by atoms with van der Waals surface area (Å²) in [6.45, 7) is 1.21. The lowest BCUT2D eigenvalue weighted by atomic mass is 9.96. The smallest absolute Gasteiger partial charge is 0.263 e. The summed E-state index contributed by atoms with van der Waals surface area (Å²) < 4.78 is 0. The molecule has 0 bridgehead atoms. The minimum atomic E-state index is -0.0976. The number of hydrogen-bond donors (Lipinski definition) is 1. The van der Waals surface area contributed by atoms with Crippen LogP contribution in [0.4, 0.5) is 5.13 Å². The van der Waals surface area contributed by atoms with Crippen molar-refractivity contribution in [2.45, 2.75) is 12.8 Å². The predicted molar refractivity (Wildman–Crippen MR) is 107 cm³/mol. The van der Waals surface area contributed by atoms with Crippen LogP contribution in [0.25, 0.3) is 11.4 Å². The molecule has 0 saturated carbocycles. The third-order valence-corrected chi connectivity index (χ3v) is 6.16. The first kappa shape index (κ1) is 17.8. The minimum absolute atomic E-state index is 0.0276. The number of aromatic nitrogens is 2. The van der Waals surface area contributed by atoms with Crippen molar-refractivity contribution in [3.63, 3.8) is 0 Å². The molecule has 0 atom stereocenters. The number of likely N-dealkylation sites (tertiary alicyclic amines) is 1. The fraction of sp³-hybridized carbons (Fsp3) is 0.263. The first-order valence-electron chi connectivity index (χ1n) is 8.71. The molecule has 4 rings (SSSR count). The number of hydrogen-bond acceptors (Lipinski definition) is 6. The molecule has 0 spiro atoms. The fourth-order valence-corrected chi connectivity index (χ4v) is 4.47. The van der Waals surface area contributed by atoms with Crippen LogP contribution in [0.5, 0.6) is 0 Å². The van der Waals surface area contributed by atoms with Crippen LogP contribution in [0, 0.1) is 5.92 Å². The number of amides is 2. The molecule has 27 heavy (non-hydrogen) atoms. The van der Waals surface area contributed by atoms with Crippen LogP contribution in [0.1, 0.15) is 22.5 Å². The molecule has 1 aliphatic rings. The largest absolute Gasteiger partial charge is 0.338 e. The molecule has 8 heteroatoms. The highest BCUT2D eigenvalue weighted by atomic mass is 32.1. The summed E-state index contributed by atoms with van der Waals surface area (Å²) in [6, 6.07) is 9.37. The lowest BCUT2D eigenvalue weighted by Gasteiger charge is -2.30. The Labute approximate surface area is 164 Å². The first-order valence-corrected chi connectivity index (χ1v) is 10.5. The zero-order chi connectivity index (χ0) is 18.6. The van der Waals surface area contributed by atoms with E-state index in [2.05, 4.69) is 15.3 Å². The van der Waals surface area contributed by atoms with Crippen molar-refractivity contribution in [2.24, 2.45) is 5.92 Å². The average Bonchev–Trinajstić information content (AvgIpc) is 3.40. The summed E-state index contributed by atoms with van der Waals surface area (Å²) in [5.74, 6) is -0.0662. The molecule has 1 N–H and O–H groups in total. The fourth-order valence-electron chi connectivity index (χ4n) is 3.07. The van der Waals surface area contributed by atoms with E-state index in [1.165, 1.54) is 22.7 Å². The van der Waals surface area contributed by atoms with Crippen LogP contribution in [0.15, 0.2) is 47.3 Å². The quantitative estimate of drug-likeness (QED) is 0.726. The van der Waals surface area contributed by atoms with Crippen molar-refractivity contribution in [3.05, 3.63) is 52.2 Å². The van der Waals surface area contributed by atoms with E-state index in [4.69, 9.17) is 0 Å². The van der Waals surface area contributed by atoms with E-state index in [-0.39, 0.29) is 17.7 Å². The number of rotatable bonds is 4. The number of pyridine rings is 1. The Bertz CT molecular complexity index is 916. The maximum Gasteiger partial charge on any atom is 0.263 e. The second-order valence-corrected chi connectivity index (χ2v) is 8.09. The Balaban J connectivity index is 1.32. The van der Waals surface area contributed by atoms with Crippen LogP contribution in [-0.2, 0) is 4.79 Å². The lowest BCUT2D eigenvalue weighted by molar-refractivity contribution is -0.121. The van der Waals surface area contributed by atoms with Gasteiger partial charge >= 0.3 is 0 Å². The van der Waals surface area contributed by atoms with Gasteiger partial charge in [-0.3, -0.25) is 14.6 Å². The van der Waals surface area contributed by atoms with Gasteiger partial charge in [0.1, 0.15) is 5.69 Å². The Kier molecular flexibility index (Phi) is 5.26. The van der Waals surface area contributed by atoms with Crippen LogP contribution in [0.2, 0.25) is 0 Å². The molecular weight excluding hydrogens is 380 g/mol. The molecule has 2 amide bonds. The van der Waals surface area contributed by atoms with E-state index in [1.54, 1.807) is 6.20 Å². The van der Waals surface area contributed by atoms with E-state index in [9.17, 15) is 9.59 Å². The van der Waals surface area contributed by atoms with Crippen molar-refractivity contribution < 1.29 is 9.59 Å². The van der Waals surface area contributed by atoms with Crippen molar-refractivity contribution >= 4 is 39.6 Å². The number of nitrogens with one attached hydrogen (secondary N) is 1. The Morgan fingerprint density at radius 1 is 1.07 bits per heavy atom. The molecule has 0 unspecified atom stereocenters. The molecule has 6 nitrogen and oxygen atoms in total. The summed E-state index contributed by atoms with van der Waals surface area (Å²) in [6.07, 6.45) is 3.06. The van der Waals surface area contributed by atoms with E-state index in [0.717, 1.165) is 16.3 Å².